The molecule has 0 aliphatic rings. The maximum Gasteiger partial charge on any atom is 0.340 e. The number of ether oxygens (including phenoxy) is 1. The molecular weight excluding hydrogens is 382 g/mol. The van der Waals surface area contributed by atoms with E-state index >= 15 is 0 Å². The van der Waals surface area contributed by atoms with Crippen LogP contribution in [0.25, 0.3) is 0 Å². The molecule has 7 nitrogen and oxygen atoms in total. The Morgan fingerprint density at radius 2 is 1.69 bits per heavy atom. The highest BCUT2D eigenvalue weighted by atomic mass is 19.2. The normalized spacial score (nSPS) is 10.3. The lowest BCUT2D eigenvalue weighted by atomic mass is 10.2. The number of amides is 1. The molecule has 1 aromatic heterocycles. The number of nitrogens with one attached hydrogen (secondary N) is 2. The molecule has 1 amide bonds. The van der Waals surface area contributed by atoms with Gasteiger partial charge in [0.15, 0.2) is 23.3 Å². The monoisotopic (exact) mass is 398 g/mol. The fraction of sp³-hybridized carbons (Fsp3) is 0.100. The number of para-hydroxylation sites is 1. The molecule has 0 fully saturated rings. The molecule has 3 rings (SSSR count). The average Bonchev–Trinajstić information content (AvgIpc) is 2.72. The first-order valence-corrected chi connectivity index (χ1v) is 8.61. The Labute approximate surface area is 164 Å². The number of halogens is 2. The third-order valence-corrected chi connectivity index (χ3v) is 3.77. The highest BCUT2D eigenvalue weighted by molar-refractivity contribution is 6.03. The summed E-state index contributed by atoms with van der Waals surface area (Å²) in [5.74, 6) is -2.86. The Morgan fingerprint density at radius 3 is 2.38 bits per heavy atom. The molecule has 3 aromatic rings. The molecular formula is C20H16F2N4O3. The zero-order valence-electron chi connectivity index (χ0n) is 15.3. The van der Waals surface area contributed by atoms with Crippen molar-refractivity contribution in [3.8, 4) is 0 Å². The average molecular weight is 398 g/mol. The smallest absolute Gasteiger partial charge is 0.340 e. The molecule has 0 spiro atoms. The van der Waals surface area contributed by atoms with Crippen LogP contribution in [0.15, 0.2) is 54.6 Å². The van der Waals surface area contributed by atoms with Crippen LogP contribution in [0.1, 0.15) is 27.6 Å². The zero-order chi connectivity index (χ0) is 20.8. The largest absolute Gasteiger partial charge is 0.462 e. The van der Waals surface area contributed by atoms with E-state index in [1.165, 1.54) is 12.1 Å². The number of aromatic nitrogens is 2. The minimum absolute atomic E-state index is 0.0590. The number of hydrogen-bond acceptors (Lipinski definition) is 6. The fourth-order valence-corrected chi connectivity index (χ4v) is 2.41. The highest BCUT2D eigenvalue weighted by Crippen LogP contribution is 2.21. The Hall–Kier alpha value is -3.88. The van der Waals surface area contributed by atoms with E-state index in [9.17, 15) is 18.4 Å². The molecule has 2 aromatic carbocycles. The Balaban J connectivity index is 1.70. The van der Waals surface area contributed by atoms with Crippen LogP contribution in [0.2, 0.25) is 0 Å². The summed E-state index contributed by atoms with van der Waals surface area (Å²) in [6.07, 6.45) is 0. The maximum absolute atomic E-state index is 13.3. The van der Waals surface area contributed by atoms with E-state index < -0.39 is 23.5 Å². The lowest BCUT2D eigenvalue weighted by molar-refractivity contribution is 0.0527. The standard InChI is InChI=1S/C20H16F2N4O3/c1-2-29-20(28)13-5-3-4-6-16(13)23-17-9-10-18(26-25-17)24-19(27)12-7-8-14(21)15(22)11-12/h3-11H,2H2,1H3,(H,23,25)(H,24,26,27). The van der Waals surface area contributed by atoms with E-state index in [4.69, 9.17) is 4.74 Å². The van der Waals surface area contributed by atoms with Gasteiger partial charge in [0.2, 0.25) is 0 Å². The number of hydrogen-bond donors (Lipinski definition) is 2. The van der Waals surface area contributed by atoms with Crippen molar-refractivity contribution in [2.45, 2.75) is 6.92 Å². The van der Waals surface area contributed by atoms with Gasteiger partial charge in [-0.1, -0.05) is 12.1 Å². The van der Waals surface area contributed by atoms with E-state index in [2.05, 4.69) is 20.8 Å². The molecule has 0 aliphatic carbocycles. The van der Waals surface area contributed by atoms with Crippen LogP contribution in [0.5, 0.6) is 0 Å². The van der Waals surface area contributed by atoms with Gasteiger partial charge in [0.1, 0.15) is 0 Å². The van der Waals surface area contributed by atoms with Crippen molar-refractivity contribution in [1.29, 1.82) is 0 Å². The molecule has 0 bridgehead atoms. The van der Waals surface area contributed by atoms with Crippen molar-refractivity contribution in [1.82, 2.24) is 10.2 Å². The summed E-state index contributed by atoms with van der Waals surface area (Å²) in [5.41, 5.74) is 0.766. The molecule has 0 unspecified atom stereocenters. The molecule has 2 N–H and O–H groups in total. The van der Waals surface area contributed by atoms with Crippen LogP contribution in [0.4, 0.5) is 26.1 Å². The highest BCUT2D eigenvalue weighted by Gasteiger charge is 2.13. The lowest BCUT2D eigenvalue weighted by Gasteiger charge is -2.10. The third-order valence-electron chi connectivity index (χ3n) is 3.77. The fourth-order valence-electron chi connectivity index (χ4n) is 2.41. The predicted octanol–water partition coefficient (Wildman–Crippen LogP) is 3.93. The van der Waals surface area contributed by atoms with Gasteiger partial charge in [-0.15, -0.1) is 10.2 Å². The summed E-state index contributed by atoms with van der Waals surface area (Å²) in [6, 6.07) is 12.6. The van der Waals surface area contributed by atoms with Crippen molar-refractivity contribution in [3.63, 3.8) is 0 Å². The number of carbonyl (C=O) groups excluding carboxylic acids is 2. The van der Waals surface area contributed by atoms with Gasteiger partial charge in [0.25, 0.3) is 5.91 Å². The Kier molecular flexibility index (Phi) is 6.08. The number of rotatable bonds is 6. The van der Waals surface area contributed by atoms with Gasteiger partial charge in [-0.25, -0.2) is 13.6 Å². The molecule has 0 saturated carbocycles. The van der Waals surface area contributed by atoms with E-state index in [0.29, 0.717) is 17.1 Å². The van der Waals surface area contributed by atoms with E-state index in [1.54, 1.807) is 31.2 Å². The topological polar surface area (TPSA) is 93.2 Å². The molecule has 148 valence electrons. The Morgan fingerprint density at radius 1 is 0.966 bits per heavy atom. The molecule has 0 atom stereocenters. The van der Waals surface area contributed by atoms with E-state index in [0.717, 1.165) is 18.2 Å². The van der Waals surface area contributed by atoms with Crippen molar-refractivity contribution in [3.05, 3.63) is 77.4 Å². The van der Waals surface area contributed by atoms with Gasteiger partial charge in [-0.2, -0.15) is 0 Å². The first-order valence-electron chi connectivity index (χ1n) is 8.61. The summed E-state index contributed by atoms with van der Waals surface area (Å²) >= 11 is 0. The zero-order valence-corrected chi connectivity index (χ0v) is 15.3. The second-order valence-corrected chi connectivity index (χ2v) is 5.78. The second-order valence-electron chi connectivity index (χ2n) is 5.78. The summed E-state index contributed by atoms with van der Waals surface area (Å²) in [7, 11) is 0. The van der Waals surface area contributed by atoms with Gasteiger partial charge in [0.05, 0.1) is 17.9 Å². The number of nitrogens with zero attached hydrogens (tertiary/aromatic N) is 2. The summed E-state index contributed by atoms with van der Waals surface area (Å²) in [6.45, 7) is 1.96. The van der Waals surface area contributed by atoms with E-state index in [-0.39, 0.29) is 18.0 Å². The molecule has 1 heterocycles. The lowest BCUT2D eigenvalue weighted by Crippen LogP contribution is -2.14. The van der Waals surface area contributed by atoms with Gasteiger partial charge >= 0.3 is 5.97 Å². The van der Waals surface area contributed by atoms with Crippen LogP contribution in [-0.2, 0) is 4.74 Å². The van der Waals surface area contributed by atoms with Crippen LogP contribution in [-0.4, -0.2) is 28.7 Å². The summed E-state index contributed by atoms with van der Waals surface area (Å²) in [5, 5.41) is 13.2. The third kappa shape index (κ3) is 4.89. The molecule has 0 aliphatic heterocycles. The van der Waals surface area contributed by atoms with Gasteiger partial charge < -0.3 is 15.4 Å². The molecule has 0 radical (unpaired) electrons. The van der Waals surface area contributed by atoms with Crippen molar-refractivity contribution in [2.75, 3.05) is 17.2 Å². The first kappa shape index (κ1) is 19.9. The van der Waals surface area contributed by atoms with Crippen molar-refractivity contribution >= 4 is 29.2 Å². The molecule has 0 saturated heterocycles. The van der Waals surface area contributed by atoms with Crippen LogP contribution >= 0.6 is 0 Å². The number of esters is 1. The van der Waals surface area contributed by atoms with Crippen LogP contribution in [0.3, 0.4) is 0 Å². The summed E-state index contributed by atoms with van der Waals surface area (Å²) in [4.78, 5) is 24.1. The van der Waals surface area contributed by atoms with E-state index in [1.807, 2.05) is 0 Å². The van der Waals surface area contributed by atoms with Crippen molar-refractivity contribution < 1.29 is 23.1 Å². The minimum Gasteiger partial charge on any atom is -0.462 e. The maximum atomic E-state index is 13.3. The van der Waals surface area contributed by atoms with Gasteiger partial charge in [0, 0.05) is 5.56 Å². The summed E-state index contributed by atoms with van der Waals surface area (Å²) < 4.78 is 31.2. The molecule has 29 heavy (non-hydrogen) atoms. The van der Waals surface area contributed by atoms with Crippen LogP contribution in [0, 0.1) is 11.6 Å². The predicted molar refractivity (Wildman–Crippen MR) is 102 cm³/mol. The quantitative estimate of drug-likeness (QED) is 0.611. The SMILES string of the molecule is CCOC(=O)c1ccccc1Nc1ccc(NC(=O)c2ccc(F)c(F)c2)nn1. The molecule has 9 heteroatoms. The van der Waals surface area contributed by atoms with Crippen molar-refractivity contribution in [2.24, 2.45) is 0 Å². The second kappa shape index (κ2) is 8.87. The number of benzene rings is 2. The van der Waals surface area contributed by atoms with Gasteiger partial charge in [-0.3, -0.25) is 4.79 Å². The Bertz CT molecular complexity index is 1040. The minimum atomic E-state index is -1.12. The number of anilines is 3. The van der Waals surface area contributed by atoms with Crippen LogP contribution < -0.4 is 10.6 Å². The van der Waals surface area contributed by atoms with Gasteiger partial charge in [-0.05, 0) is 49.4 Å². The first-order chi connectivity index (χ1) is 14.0. The number of carbonyl (C=O) groups is 2.